The van der Waals surface area contributed by atoms with Gasteiger partial charge in [0.2, 0.25) is 5.91 Å². The number of amides is 1. The van der Waals surface area contributed by atoms with Crippen molar-refractivity contribution in [3.05, 3.63) is 27.1 Å². The SMILES string of the molecule is CC(=O)Nc1c(Br)cccc1Br. The van der Waals surface area contributed by atoms with Crippen LogP contribution in [0.25, 0.3) is 0 Å². The Kier molecular flexibility index (Phi) is 3.29. The van der Waals surface area contributed by atoms with Crippen molar-refractivity contribution in [1.82, 2.24) is 0 Å². The maximum Gasteiger partial charge on any atom is 0.221 e. The molecule has 0 fully saturated rings. The van der Waals surface area contributed by atoms with E-state index in [0.717, 1.165) is 14.6 Å². The van der Waals surface area contributed by atoms with E-state index in [-0.39, 0.29) is 5.91 Å². The number of hydrogen-bond acceptors (Lipinski definition) is 1. The Hall–Kier alpha value is -0.350. The van der Waals surface area contributed by atoms with Crippen LogP contribution in [0.3, 0.4) is 0 Å². The number of carbonyl (C=O) groups excluding carboxylic acids is 1. The molecule has 1 N–H and O–H groups in total. The minimum Gasteiger partial charge on any atom is -0.324 e. The minimum atomic E-state index is -0.0809. The Labute approximate surface area is 87.6 Å². The summed E-state index contributed by atoms with van der Waals surface area (Å²) in [7, 11) is 0. The zero-order valence-corrected chi connectivity index (χ0v) is 9.57. The minimum absolute atomic E-state index is 0.0809. The van der Waals surface area contributed by atoms with Crippen LogP contribution in [0.2, 0.25) is 0 Å². The van der Waals surface area contributed by atoms with Crippen molar-refractivity contribution in [2.24, 2.45) is 0 Å². The van der Waals surface area contributed by atoms with Gasteiger partial charge in [-0.3, -0.25) is 4.79 Å². The largest absolute Gasteiger partial charge is 0.324 e. The average molecular weight is 293 g/mol. The summed E-state index contributed by atoms with van der Waals surface area (Å²) in [6, 6.07) is 5.63. The van der Waals surface area contributed by atoms with Crippen LogP contribution < -0.4 is 5.32 Å². The van der Waals surface area contributed by atoms with E-state index in [1.165, 1.54) is 6.92 Å². The van der Waals surface area contributed by atoms with Crippen LogP contribution in [0.15, 0.2) is 27.1 Å². The zero-order valence-electron chi connectivity index (χ0n) is 6.40. The molecule has 0 saturated carbocycles. The summed E-state index contributed by atoms with van der Waals surface area (Å²) in [6.07, 6.45) is 0. The monoisotopic (exact) mass is 291 g/mol. The lowest BCUT2D eigenvalue weighted by molar-refractivity contribution is -0.114. The Morgan fingerprint density at radius 3 is 2.25 bits per heavy atom. The van der Waals surface area contributed by atoms with Gasteiger partial charge in [0, 0.05) is 15.9 Å². The maximum absolute atomic E-state index is 10.8. The van der Waals surface area contributed by atoms with Gasteiger partial charge in [0.15, 0.2) is 0 Å². The van der Waals surface area contributed by atoms with E-state index in [4.69, 9.17) is 0 Å². The normalized spacial score (nSPS) is 9.58. The number of halogens is 2. The lowest BCUT2D eigenvalue weighted by atomic mass is 10.3. The van der Waals surface area contributed by atoms with Gasteiger partial charge in [-0.2, -0.15) is 0 Å². The van der Waals surface area contributed by atoms with Crippen molar-refractivity contribution < 1.29 is 4.79 Å². The summed E-state index contributed by atoms with van der Waals surface area (Å²) in [5, 5.41) is 2.71. The highest BCUT2D eigenvalue weighted by Gasteiger charge is 2.04. The van der Waals surface area contributed by atoms with E-state index >= 15 is 0 Å². The van der Waals surface area contributed by atoms with Crippen molar-refractivity contribution in [1.29, 1.82) is 0 Å². The second-order valence-corrected chi connectivity index (χ2v) is 3.99. The van der Waals surface area contributed by atoms with Crippen molar-refractivity contribution >= 4 is 43.5 Å². The number of rotatable bonds is 1. The molecule has 1 aromatic rings. The fourth-order valence-corrected chi connectivity index (χ4v) is 1.99. The van der Waals surface area contributed by atoms with Crippen molar-refractivity contribution in [2.75, 3.05) is 5.32 Å². The number of anilines is 1. The van der Waals surface area contributed by atoms with Gasteiger partial charge in [-0.25, -0.2) is 0 Å². The molecule has 0 bridgehead atoms. The van der Waals surface area contributed by atoms with Gasteiger partial charge < -0.3 is 5.32 Å². The van der Waals surface area contributed by atoms with Crippen LogP contribution in [0.4, 0.5) is 5.69 Å². The second-order valence-electron chi connectivity index (χ2n) is 2.28. The molecule has 0 atom stereocenters. The lowest BCUT2D eigenvalue weighted by Crippen LogP contribution is -2.06. The average Bonchev–Trinajstić information content (AvgIpc) is 1.97. The van der Waals surface area contributed by atoms with Crippen LogP contribution in [0, 0.1) is 0 Å². The molecule has 0 aliphatic carbocycles. The van der Waals surface area contributed by atoms with Crippen LogP contribution in [0.5, 0.6) is 0 Å². The first-order chi connectivity index (χ1) is 5.61. The molecule has 0 saturated heterocycles. The molecule has 1 amide bonds. The third-order valence-electron chi connectivity index (χ3n) is 1.26. The molecule has 1 aromatic carbocycles. The van der Waals surface area contributed by atoms with Crippen molar-refractivity contribution in [3.63, 3.8) is 0 Å². The van der Waals surface area contributed by atoms with Gasteiger partial charge in [-0.05, 0) is 44.0 Å². The predicted molar refractivity (Wildman–Crippen MR) is 56.1 cm³/mol. The Bertz CT molecular complexity index is 292. The van der Waals surface area contributed by atoms with Gasteiger partial charge in [0.1, 0.15) is 0 Å². The second kappa shape index (κ2) is 4.05. The fraction of sp³-hybridized carbons (Fsp3) is 0.125. The lowest BCUT2D eigenvalue weighted by Gasteiger charge is -2.06. The molecule has 0 aliphatic rings. The van der Waals surface area contributed by atoms with E-state index in [1.54, 1.807) is 0 Å². The Morgan fingerprint density at radius 1 is 1.33 bits per heavy atom. The molecule has 0 radical (unpaired) electrons. The highest BCUT2D eigenvalue weighted by atomic mass is 79.9. The summed E-state index contributed by atoms with van der Waals surface area (Å²) in [4.78, 5) is 10.8. The molecular weight excluding hydrogens is 286 g/mol. The molecule has 64 valence electrons. The summed E-state index contributed by atoms with van der Waals surface area (Å²) in [5.41, 5.74) is 0.769. The molecule has 0 spiro atoms. The standard InChI is InChI=1S/C8H7Br2NO/c1-5(12)11-8-6(9)3-2-4-7(8)10/h2-4H,1H3,(H,11,12). The zero-order chi connectivity index (χ0) is 9.14. The Balaban J connectivity index is 3.04. The molecule has 0 heterocycles. The van der Waals surface area contributed by atoms with Gasteiger partial charge >= 0.3 is 0 Å². The highest BCUT2D eigenvalue weighted by molar-refractivity contribution is 9.11. The highest BCUT2D eigenvalue weighted by Crippen LogP contribution is 2.30. The smallest absolute Gasteiger partial charge is 0.221 e. The van der Waals surface area contributed by atoms with Crippen LogP contribution >= 0.6 is 31.9 Å². The van der Waals surface area contributed by atoms with E-state index in [0.29, 0.717) is 0 Å². The van der Waals surface area contributed by atoms with Gasteiger partial charge in [0.25, 0.3) is 0 Å². The molecule has 0 aliphatic heterocycles. The number of carbonyl (C=O) groups is 1. The summed E-state index contributed by atoms with van der Waals surface area (Å²) < 4.78 is 1.74. The molecule has 1 rings (SSSR count). The summed E-state index contributed by atoms with van der Waals surface area (Å²) >= 11 is 6.66. The van der Waals surface area contributed by atoms with Gasteiger partial charge in [-0.15, -0.1) is 0 Å². The van der Waals surface area contributed by atoms with Gasteiger partial charge in [-0.1, -0.05) is 6.07 Å². The Morgan fingerprint density at radius 2 is 1.83 bits per heavy atom. The van der Waals surface area contributed by atoms with E-state index < -0.39 is 0 Å². The summed E-state index contributed by atoms with van der Waals surface area (Å²) in [6.45, 7) is 1.48. The third kappa shape index (κ3) is 2.32. The predicted octanol–water partition coefficient (Wildman–Crippen LogP) is 3.17. The molecule has 4 heteroatoms. The first-order valence-electron chi connectivity index (χ1n) is 3.33. The number of para-hydroxylation sites is 1. The van der Waals surface area contributed by atoms with Crippen molar-refractivity contribution in [2.45, 2.75) is 6.92 Å². The fourth-order valence-electron chi connectivity index (χ4n) is 0.793. The molecule has 0 aromatic heterocycles. The van der Waals surface area contributed by atoms with Gasteiger partial charge in [0.05, 0.1) is 5.69 Å². The molecule has 2 nitrogen and oxygen atoms in total. The van der Waals surface area contributed by atoms with Crippen LogP contribution in [0.1, 0.15) is 6.92 Å². The van der Waals surface area contributed by atoms with Crippen molar-refractivity contribution in [3.8, 4) is 0 Å². The number of nitrogens with one attached hydrogen (secondary N) is 1. The van der Waals surface area contributed by atoms with E-state index in [9.17, 15) is 4.79 Å². The third-order valence-corrected chi connectivity index (χ3v) is 2.59. The quantitative estimate of drug-likeness (QED) is 0.846. The van der Waals surface area contributed by atoms with Crippen LogP contribution in [-0.2, 0) is 4.79 Å². The van der Waals surface area contributed by atoms with Crippen LogP contribution in [-0.4, -0.2) is 5.91 Å². The first kappa shape index (κ1) is 9.74. The molecular formula is C8H7Br2NO. The van der Waals surface area contributed by atoms with E-state index in [1.807, 2.05) is 18.2 Å². The molecule has 12 heavy (non-hydrogen) atoms. The number of hydrogen-bond donors (Lipinski definition) is 1. The first-order valence-corrected chi connectivity index (χ1v) is 4.91. The number of benzene rings is 1. The summed E-state index contributed by atoms with van der Waals surface area (Å²) in [5.74, 6) is -0.0809. The topological polar surface area (TPSA) is 29.1 Å². The maximum atomic E-state index is 10.8. The molecule has 0 unspecified atom stereocenters. The van der Waals surface area contributed by atoms with E-state index in [2.05, 4.69) is 37.2 Å².